The Balaban J connectivity index is 1.49. The summed E-state index contributed by atoms with van der Waals surface area (Å²) in [6, 6.07) is 9.38. The Hall–Kier alpha value is -3.79. The number of rotatable bonds is 8. The van der Waals surface area contributed by atoms with Crippen LogP contribution in [0.25, 0.3) is 6.08 Å². The first-order valence-electron chi connectivity index (χ1n) is 10.5. The van der Waals surface area contributed by atoms with Crippen molar-refractivity contribution in [3.63, 3.8) is 0 Å². The second-order valence-electron chi connectivity index (χ2n) is 7.93. The normalized spacial score (nSPS) is 13.4. The van der Waals surface area contributed by atoms with Gasteiger partial charge in [0.05, 0.1) is 27.9 Å². The predicted octanol–water partition coefficient (Wildman–Crippen LogP) is 3.64. The van der Waals surface area contributed by atoms with Crippen molar-refractivity contribution in [3.05, 3.63) is 47.5 Å². The van der Waals surface area contributed by atoms with Crippen LogP contribution >= 0.6 is 0 Å². The van der Waals surface area contributed by atoms with Crippen molar-refractivity contribution in [2.75, 3.05) is 34.5 Å². The molecule has 0 radical (unpaired) electrons. The maximum Gasteiger partial charge on any atom is 0.244 e. The molecule has 0 aliphatic carbocycles. The monoisotopic (exact) mass is 451 g/mol. The quantitative estimate of drug-likeness (QED) is 0.488. The van der Waals surface area contributed by atoms with E-state index in [1.165, 1.54) is 13.2 Å². The second kappa shape index (κ2) is 10.7. The van der Waals surface area contributed by atoms with Crippen LogP contribution in [0.4, 0.5) is 0 Å². The first-order chi connectivity index (χ1) is 15.9. The van der Waals surface area contributed by atoms with Crippen LogP contribution in [0.1, 0.15) is 25.0 Å². The van der Waals surface area contributed by atoms with E-state index in [0.717, 1.165) is 23.3 Å². The summed E-state index contributed by atoms with van der Waals surface area (Å²) in [7, 11) is 4.62. The van der Waals surface area contributed by atoms with Crippen molar-refractivity contribution in [1.82, 2.24) is 5.32 Å². The van der Waals surface area contributed by atoms with Crippen LogP contribution in [0, 0.1) is 11.8 Å². The number of methoxy groups -OCH3 is 3. The van der Waals surface area contributed by atoms with Gasteiger partial charge in [-0.2, -0.15) is 0 Å². The third kappa shape index (κ3) is 6.13. The summed E-state index contributed by atoms with van der Waals surface area (Å²) in [5.74, 6) is 8.51. The molecule has 174 valence electrons. The number of hydrogen-bond acceptors (Lipinski definition) is 6. The zero-order valence-electron chi connectivity index (χ0n) is 19.6. The molecule has 7 heteroatoms. The van der Waals surface area contributed by atoms with E-state index in [4.69, 9.17) is 23.7 Å². The Kier molecular flexibility index (Phi) is 7.73. The van der Waals surface area contributed by atoms with Gasteiger partial charge in [0.25, 0.3) is 0 Å². The van der Waals surface area contributed by atoms with Crippen LogP contribution < -0.4 is 29.0 Å². The fourth-order valence-electron chi connectivity index (χ4n) is 3.49. The molecule has 1 amide bonds. The number of hydrogen-bond donors (Lipinski definition) is 1. The largest absolute Gasteiger partial charge is 0.493 e. The lowest BCUT2D eigenvalue weighted by atomic mass is 10.0. The van der Waals surface area contributed by atoms with Crippen LogP contribution in [-0.2, 0) is 11.2 Å². The average molecular weight is 452 g/mol. The maximum absolute atomic E-state index is 12.1. The molecule has 0 saturated carbocycles. The zero-order valence-corrected chi connectivity index (χ0v) is 19.6. The van der Waals surface area contributed by atoms with Crippen molar-refractivity contribution in [2.45, 2.75) is 25.9 Å². The van der Waals surface area contributed by atoms with Gasteiger partial charge in [-0.05, 0) is 43.7 Å². The summed E-state index contributed by atoms with van der Waals surface area (Å²) < 4.78 is 27.7. The molecule has 1 aliphatic rings. The van der Waals surface area contributed by atoms with Crippen molar-refractivity contribution in [2.24, 2.45) is 0 Å². The highest BCUT2D eigenvalue weighted by Gasteiger charge is 2.32. The van der Waals surface area contributed by atoms with Gasteiger partial charge >= 0.3 is 0 Å². The number of para-hydroxylation sites is 1. The highest BCUT2D eigenvalue weighted by molar-refractivity contribution is 5.92. The van der Waals surface area contributed by atoms with E-state index in [1.54, 1.807) is 32.4 Å². The van der Waals surface area contributed by atoms with E-state index in [0.29, 0.717) is 23.0 Å². The maximum atomic E-state index is 12.1. The molecule has 0 fully saturated rings. The molecule has 0 bridgehead atoms. The summed E-state index contributed by atoms with van der Waals surface area (Å²) in [4.78, 5) is 12.1. The smallest absolute Gasteiger partial charge is 0.244 e. The molecule has 7 nitrogen and oxygen atoms in total. The SMILES string of the molecule is COc1cc(/C=C/C(=O)NCC#CCOc2cccc3c2OC(C)(C)C3)cc(OC)c1OC. The molecule has 0 spiro atoms. The van der Waals surface area contributed by atoms with Crippen LogP contribution in [0.15, 0.2) is 36.4 Å². The Morgan fingerprint density at radius 1 is 1.09 bits per heavy atom. The van der Waals surface area contributed by atoms with Crippen molar-refractivity contribution in [3.8, 4) is 40.6 Å². The van der Waals surface area contributed by atoms with E-state index in [2.05, 4.69) is 31.0 Å². The van der Waals surface area contributed by atoms with Gasteiger partial charge in [-0.25, -0.2) is 0 Å². The molecule has 1 aliphatic heterocycles. The topological polar surface area (TPSA) is 75.3 Å². The molecule has 0 saturated heterocycles. The number of carbonyl (C=O) groups is 1. The average Bonchev–Trinajstić information content (AvgIpc) is 3.13. The van der Waals surface area contributed by atoms with Crippen LogP contribution in [0.3, 0.4) is 0 Å². The fourth-order valence-corrected chi connectivity index (χ4v) is 3.49. The Morgan fingerprint density at radius 3 is 2.48 bits per heavy atom. The Bertz CT molecular complexity index is 1070. The van der Waals surface area contributed by atoms with E-state index < -0.39 is 0 Å². The number of benzene rings is 2. The van der Waals surface area contributed by atoms with E-state index in [9.17, 15) is 4.79 Å². The van der Waals surface area contributed by atoms with E-state index in [1.807, 2.05) is 18.2 Å². The Morgan fingerprint density at radius 2 is 1.82 bits per heavy atom. The van der Waals surface area contributed by atoms with E-state index >= 15 is 0 Å². The predicted molar refractivity (Wildman–Crippen MR) is 126 cm³/mol. The molecule has 2 aromatic rings. The number of nitrogens with one attached hydrogen (secondary N) is 1. The molecule has 3 rings (SSSR count). The highest BCUT2D eigenvalue weighted by atomic mass is 16.5. The third-order valence-electron chi connectivity index (χ3n) is 4.95. The van der Waals surface area contributed by atoms with Gasteiger partial charge in [0.1, 0.15) is 12.2 Å². The van der Waals surface area contributed by atoms with Crippen LogP contribution in [0.5, 0.6) is 28.7 Å². The number of carbonyl (C=O) groups excluding carboxylic acids is 1. The van der Waals surface area contributed by atoms with Gasteiger partial charge in [0.2, 0.25) is 11.7 Å². The highest BCUT2D eigenvalue weighted by Crippen LogP contribution is 2.41. The number of ether oxygens (including phenoxy) is 5. The third-order valence-corrected chi connectivity index (χ3v) is 4.95. The molecule has 0 aromatic heterocycles. The van der Waals surface area contributed by atoms with E-state index in [-0.39, 0.29) is 24.7 Å². The fraction of sp³-hybridized carbons (Fsp3) is 0.346. The minimum absolute atomic E-state index is 0.206. The number of amides is 1. The summed E-state index contributed by atoms with van der Waals surface area (Å²) >= 11 is 0. The molecule has 33 heavy (non-hydrogen) atoms. The van der Waals surface area contributed by atoms with Crippen molar-refractivity contribution < 1.29 is 28.5 Å². The lowest BCUT2D eigenvalue weighted by Gasteiger charge is -2.17. The van der Waals surface area contributed by atoms with Gasteiger partial charge in [-0.1, -0.05) is 24.0 Å². The van der Waals surface area contributed by atoms with Crippen LogP contribution in [0.2, 0.25) is 0 Å². The minimum atomic E-state index is -0.268. The first kappa shape index (κ1) is 23.9. The summed E-state index contributed by atoms with van der Waals surface area (Å²) in [5.41, 5.74) is 1.64. The standard InChI is InChI=1S/C26H29NO6/c1-26(2)17-19-9-8-10-20(24(19)33-26)32-14-7-6-13-27-23(28)12-11-18-15-21(29-3)25(31-5)22(16-18)30-4/h8-12,15-16H,13-14,17H2,1-5H3,(H,27,28)/b12-11+. The van der Waals surface area contributed by atoms with Crippen molar-refractivity contribution >= 4 is 12.0 Å². The molecule has 1 heterocycles. The molecule has 0 atom stereocenters. The molecular formula is C26H29NO6. The summed E-state index contributed by atoms with van der Waals surface area (Å²) in [5, 5.41) is 2.72. The zero-order chi connectivity index (χ0) is 23.8. The van der Waals surface area contributed by atoms with Gasteiger partial charge in [0.15, 0.2) is 23.0 Å². The minimum Gasteiger partial charge on any atom is -0.493 e. The molecule has 2 aromatic carbocycles. The summed E-state index contributed by atoms with van der Waals surface area (Å²) in [6.07, 6.45) is 3.93. The summed E-state index contributed by atoms with van der Waals surface area (Å²) in [6.45, 7) is 4.51. The lowest BCUT2D eigenvalue weighted by molar-refractivity contribution is -0.116. The number of fused-ring (bicyclic) bond motifs is 1. The molecule has 0 unspecified atom stereocenters. The molecular weight excluding hydrogens is 422 g/mol. The van der Waals surface area contributed by atoms with Gasteiger partial charge in [-0.15, -0.1) is 0 Å². The van der Waals surface area contributed by atoms with Gasteiger partial charge in [-0.3, -0.25) is 4.79 Å². The first-order valence-corrected chi connectivity index (χ1v) is 10.5. The lowest BCUT2D eigenvalue weighted by Crippen LogP contribution is -2.24. The van der Waals surface area contributed by atoms with Gasteiger partial charge in [0, 0.05) is 18.1 Å². The molecule has 1 N–H and O–H groups in total. The second-order valence-corrected chi connectivity index (χ2v) is 7.93. The van der Waals surface area contributed by atoms with Crippen molar-refractivity contribution in [1.29, 1.82) is 0 Å². The van der Waals surface area contributed by atoms with Crippen LogP contribution in [-0.4, -0.2) is 46.0 Å². The Labute approximate surface area is 194 Å². The van der Waals surface area contributed by atoms with Gasteiger partial charge < -0.3 is 29.0 Å².